The lowest BCUT2D eigenvalue weighted by Gasteiger charge is -2.32. The number of fused-ring (bicyclic) bond motifs is 5. The molecule has 6 atom stereocenters. The van der Waals surface area contributed by atoms with Crippen LogP contribution in [-0.2, 0) is 10.8 Å². The van der Waals surface area contributed by atoms with Crippen LogP contribution in [-0.4, -0.2) is 28.8 Å². The molecule has 17 heavy (non-hydrogen) atoms. The van der Waals surface area contributed by atoms with Crippen LogP contribution in [0.3, 0.4) is 0 Å². The van der Waals surface area contributed by atoms with Crippen molar-refractivity contribution in [2.45, 2.75) is 44.6 Å². The van der Waals surface area contributed by atoms with Crippen molar-refractivity contribution >= 4 is 10.8 Å². The van der Waals surface area contributed by atoms with Crippen LogP contribution in [0.5, 0.6) is 0 Å². The Morgan fingerprint density at radius 2 is 2.00 bits per heavy atom. The van der Waals surface area contributed by atoms with Gasteiger partial charge in [-0.15, -0.1) is 0 Å². The van der Waals surface area contributed by atoms with E-state index in [4.69, 9.17) is 0 Å². The highest BCUT2D eigenvalue weighted by Gasteiger charge is 2.53. The van der Waals surface area contributed by atoms with Crippen LogP contribution in [0.1, 0.15) is 38.5 Å². The van der Waals surface area contributed by atoms with Gasteiger partial charge in [0.25, 0.3) is 0 Å². The molecule has 0 heterocycles. The van der Waals surface area contributed by atoms with E-state index in [1.54, 1.807) is 6.26 Å². The van der Waals surface area contributed by atoms with Gasteiger partial charge in [-0.05, 0) is 62.3 Å². The third kappa shape index (κ3) is 2.33. The van der Waals surface area contributed by atoms with Gasteiger partial charge in [-0.25, -0.2) is 0 Å². The molecular formula is C14H25NOS. The molecule has 3 rings (SSSR count). The Hall–Kier alpha value is 0.110. The summed E-state index contributed by atoms with van der Waals surface area (Å²) in [4.78, 5) is 0. The second-order valence-corrected chi connectivity index (χ2v) is 7.90. The summed E-state index contributed by atoms with van der Waals surface area (Å²) in [6.07, 6.45) is 10.3. The Balaban J connectivity index is 1.46. The van der Waals surface area contributed by atoms with E-state index in [9.17, 15) is 4.21 Å². The summed E-state index contributed by atoms with van der Waals surface area (Å²) in [5.41, 5.74) is 0. The summed E-state index contributed by atoms with van der Waals surface area (Å²) in [5, 5.41) is 3.75. The zero-order valence-electron chi connectivity index (χ0n) is 10.9. The van der Waals surface area contributed by atoms with Crippen molar-refractivity contribution in [2.24, 2.45) is 23.7 Å². The second-order valence-electron chi connectivity index (χ2n) is 6.35. The van der Waals surface area contributed by atoms with Gasteiger partial charge in [-0.1, -0.05) is 6.42 Å². The van der Waals surface area contributed by atoms with Crippen LogP contribution in [0.25, 0.3) is 0 Å². The predicted octanol–water partition coefficient (Wildman–Crippen LogP) is 2.17. The molecule has 3 aliphatic carbocycles. The maximum absolute atomic E-state index is 11.0. The van der Waals surface area contributed by atoms with Crippen molar-refractivity contribution in [1.82, 2.24) is 5.32 Å². The number of hydrogen-bond acceptors (Lipinski definition) is 2. The van der Waals surface area contributed by atoms with Crippen molar-refractivity contribution in [3.63, 3.8) is 0 Å². The molecule has 2 bridgehead atoms. The topological polar surface area (TPSA) is 29.1 Å². The highest BCUT2D eigenvalue weighted by molar-refractivity contribution is 7.84. The molecule has 0 aliphatic heterocycles. The van der Waals surface area contributed by atoms with Gasteiger partial charge in [0, 0.05) is 28.9 Å². The zero-order valence-corrected chi connectivity index (χ0v) is 11.7. The summed E-state index contributed by atoms with van der Waals surface area (Å²) < 4.78 is 11.0. The molecule has 0 spiro atoms. The SMILES string of the molecule is C[S@@](=O)CCCN[C@@H]1C[C@@H]2C[C@@H]1[C@@H]1CCC[C@@H]21. The predicted molar refractivity (Wildman–Crippen MR) is 72.4 cm³/mol. The monoisotopic (exact) mass is 255 g/mol. The molecule has 0 unspecified atom stereocenters. The summed E-state index contributed by atoms with van der Waals surface area (Å²) in [7, 11) is -0.615. The first-order chi connectivity index (χ1) is 8.25. The molecule has 0 amide bonds. The van der Waals surface area contributed by atoms with E-state index in [0.717, 1.165) is 48.4 Å². The van der Waals surface area contributed by atoms with Crippen LogP contribution in [0.4, 0.5) is 0 Å². The van der Waals surface area contributed by atoms with E-state index >= 15 is 0 Å². The van der Waals surface area contributed by atoms with E-state index < -0.39 is 10.8 Å². The average molecular weight is 255 g/mol. The molecule has 0 aromatic rings. The molecule has 3 aliphatic rings. The Morgan fingerprint density at radius 1 is 1.18 bits per heavy atom. The van der Waals surface area contributed by atoms with Gasteiger partial charge in [-0.2, -0.15) is 0 Å². The van der Waals surface area contributed by atoms with Crippen LogP contribution >= 0.6 is 0 Å². The standard InChI is InChI=1S/C14H25NOS/c1-17(16)7-3-6-15-14-9-10-8-13(14)12-5-2-4-11(10)12/h10-15H,2-9H2,1H3/t10-,11-,12+,13+,14+,17+/m0/s1. The highest BCUT2D eigenvalue weighted by atomic mass is 32.2. The third-order valence-corrected chi connectivity index (χ3v) is 6.31. The minimum absolute atomic E-state index is 0.615. The van der Waals surface area contributed by atoms with Crippen LogP contribution in [0.15, 0.2) is 0 Å². The normalized spacial score (nSPS) is 45.1. The fourth-order valence-corrected chi connectivity index (χ4v) is 5.42. The summed E-state index contributed by atoms with van der Waals surface area (Å²) in [6, 6.07) is 0.796. The van der Waals surface area contributed by atoms with Gasteiger partial charge in [0.05, 0.1) is 0 Å². The van der Waals surface area contributed by atoms with Crippen molar-refractivity contribution in [3.05, 3.63) is 0 Å². The lowest BCUT2D eigenvalue weighted by molar-refractivity contribution is 0.209. The van der Waals surface area contributed by atoms with E-state index in [0.29, 0.717) is 0 Å². The molecule has 2 nitrogen and oxygen atoms in total. The minimum atomic E-state index is -0.615. The molecule has 98 valence electrons. The average Bonchev–Trinajstić information content (AvgIpc) is 2.95. The van der Waals surface area contributed by atoms with Crippen LogP contribution in [0, 0.1) is 23.7 Å². The van der Waals surface area contributed by atoms with Crippen LogP contribution < -0.4 is 5.32 Å². The van der Waals surface area contributed by atoms with Crippen molar-refractivity contribution in [1.29, 1.82) is 0 Å². The van der Waals surface area contributed by atoms with E-state index in [1.807, 2.05) is 0 Å². The Morgan fingerprint density at radius 3 is 2.82 bits per heavy atom. The summed E-state index contributed by atoms with van der Waals surface area (Å²) in [6.45, 7) is 1.07. The quantitative estimate of drug-likeness (QED) is 0.763. The maximum Gasteiger partial charge on any atom is 0.0244 e. The van der Waals surface area contributed by atoms with Crippen LogP contribution in [0.2, 0.25) is 0 Å². The van der Waals surface area contributed by atoms with Crippen molar-refractivity contribution in [2.75, 3.05) is 18.6 Å². The van der Waals surface area contributed by atoms with Gasteiger partial charge in [0.1, 0.15) is 0 Å². The first-order valence-electron chi connectivity index (χ1n) is 7.29. The van der Waals surface area contributed by atoms with Crippen molar-refractivity contribution < 1.29 is 4.21 Å². The molecule has 0 aromatic carbocycles. The van der Waals surface area contributed by atoms with E-state index in [-0.39, 0.29) is 0 Å². The largest absolute Gasteiger partial charge is 0.314 e. The van der Waals surface area contributed by atoms with E-state index in [1.165, 1.54) is 32.1 Å². The van der Waals surface area contributed by atoms with Crippen molar-refractivity contribution in [3.8, 4) is 0 Å². The van der Waals surface area contributed by atoms with Gasteiger partial charge in [-0.3, -0.25) is 4.21 Å². The Kier molecular flexibility index (Phi) is 3.58. The zero-order chi connectivity index (χ0) is 11.8. The van der Waals surface area contributed by atoms with Gasteiger partial charge in [0.15, 0.2) is 0 Å². The number of nitrogens with one attached hydrogen (secondary N) is 1. The summed E-state index contributed by atoms with van der Waals surface area (Å²) >= 11 is 0. The van der Waals surface area contributed by atoms with E-state index in [2.05, 4.69) is 5.32 Å². The third-order valence-electron chi connectivity index (χ3n) is 5.44. The Bertz CT molecular complexity index is 307. The summed E-state index contributed by atoms with van der Waals surface area (Å²) in [5.74, 6) is 5.05. The molecule has 3 fully saturated rings. The molecule has 3 saturated carbocycles. The number of rotatable bonds is 5. The molecule has 0 saturated heterocycles. The molecule has 3 heteroatoms. The van der Waals surface area contributed by atoms with Gasteiger partial charge >= 0.3 is 0 Å². The number of hydrogen-bond donors (Lipinski definition) is 1. The fourth-order valence-electron chi connectivity index (χ4n) is 4.87. The smallest absolute Gasteiger partial charge is 0.0244 e. The fraction of sp³-hybridized carbons (Fsp3) is 1.00. The first kappa shape index (κ1) is 12.2. The Labute approximate surface area is 107 Å². The lowest BCUT2D eigenvalue weighted by atomic mass is 9.79. The molecule has 0 radical (unpaired) electrons. The first-order valence-corrected chi connectivity index (χ1v) is 9.02. The van der Waals surface area contributed by atoms with Gasteiger partial charge < -0.3 is 5.32 Å². The molecular weight excluding hydrogens is 230 g/mol. The molecule has 1 N–H and O–H groups in total. The van der Waals surface area contributed by atoms with Gasteiger partial charge in [0.2, 0.25) is 0 Å². The second kappa shape index (κ2) is 5.00. The highest BCUT2D eigenvalue weighted by Crippen LogP contribution is 2.58. The minimum Gasteiger partial charge on any atom is -0.314 e. The lowest BCUT2D eigenvalue weighted by Crippen LogP contribution is -2.39. The maximum atomic E-state index is 11.0. The molecule has 0 aromatic heterocycles.